The highest BCUT2D eigenvalue weighted by Gasteiger charge is 2.56. The van der Waals surface area contributed by atoms with Crippen LogP contribution in [0.4, 0.5) is 0 Å². The van der Waals surface area contributed by atoms with Crippen LogP contribution in [0.15, 0.2) is 24.5 Å². The second-order valence-corrected chi connectivity index (χ2v) is 9.19. The number of hydrogen-bond acceptors (Lipinski definition) is 3. The van der Waals surface area contributed by atoms with Gasteiger partial charge in [0.25, 0.3) is 5.91 Å². The highest BCUT2D eigenvalue weighted by Crippen LogP contribution is 2.59. The Labute approximate surface area is 165 Å². The predicted molar refractivity (Wildman–Crippen MR) is 107 cm³/mol. The van der Waals surface area contributed by atoms with E-state index in [1.807, 2.05) is 12.1 Å². The van der Waals surface area contributed by atoms with Crippen LogP contribution >= 0.6 is 0 Å². The van der Waals surface area contributed by atoms with Crippen molar-refractivity contribution in [1.29, 1.82) is 0 Å². The smallest absolute Gasteiger partial charge is 0.267 e. The summed E-state index contributed by atoms with van der Waals surface area (Å²) in [7, 11) is 0. The lowest BCUT2D eigenvalue weighted by Gasteiger charge is -2.33. The SMILES string of the molecule is CC1C(C)C1C(=O)N1CCC2(CC1)CC2CNC(=O)c1cc2cnccc2[nH]1. The lowest BCUT2D eigenvalue weighted by atomic mass is 9.90. The summed E-state index contributed by atoms with van der Waals surface area (Å²) < 4.78 is 0. The van der Waals surface area contributed by atoms with Gasteiger partial charge in [0, 0.05) is 48.8 Å². The average molecular weight is 380 g/mol. The van der Waals surface area contributed by atoms with Crippen molar-refractivity contribution in [2.24, 2.45) is 29.1 Å². The molecule has 2 saturated carbocycles. The molecule has 5 rings (SSSR count). The Bertz CT molecular complexity index is 887. The normalized spacial score (nSPS) is 30.4. The second-order valence-electron chi connectivity index (χ2n) is 9.19. The van der Waals surface area contributed by atoms with Crippen LogP contribution in [0.2, 0.25) is 0 Å². The summed E-state index contributed by atoms with van der Waals surface area (Å²) >= 11 is 0. The third-order valence-corrected chi connectivity index (χ3v) is 7.71. The first-order valence-electron chi connectivity index (χ1n) is 10.5. The Morgan fingerprint density at radius 3 is 2.71 bits per heavy atom. The van der Waals surface area contributed by atoms with E-state index in [0.29, 0.717) is 34.8 Å². The van der Waals surface area contributed by atoms with Crippen LogP contribution in [0.25, 0.3) is 10.9 Å². The summed E-state index contributed by atoms with van der Waals surface area (Å²) in [6, 6.07) is 3.73. The van der Waals surface area contributed by atoms with Gasteiger partial charge in [-0.3, -0.25) is 14.6 Å². The summed E-state index contributed by atoms with van der Waals surface area (Å²) in [5.74, 6) is 2.21. The molecule has 3 unspecified atom stereocenters. The summed E-state index contributed by atoms with van der Waals surface area (Å²) in [5.41, 5.74) is 1.86. The number of aromatic amines is 1. The molecule has 6 heteroatoms. The fourth-order valence-electron chi connectivity index (χ4n) is 5.23. The van der Waals surface area contributed by atoms with Crippen LogP contribution in [0.5, 0.6) is 0 Å². The number of fused-ring (bicyclic) bond motifs is 1. The molecule has 6 nitrogen and oxygen atoms in total. The minimum absolute atomic E-state index is 0.0532. The fourth-order valence-corrected chi connectivity index (χ4v) is 5.23. The first kappa shape index (κ1) is 17.7. The van der Waals surface area contributed by atoms with Gasteiger partial charge in [-0.15, -0.1) is 0 Å². The Morgan fingerprint density at radius 1 is 1.29 bits per heavy atom. The molecule has 0 aromatic carbocycles. The van der Waals surface area contributed by atoms with Gasteiger partial charge in [-0.1, -0.05) is 13.8 Å². The average Bonchev–Trinajstić information content (AvgIpc) is 3.46. The van der Waals surface area contributed by atoms with Crippen molar-refractivity contribution in [3.05, 3.63) is 30.2 Å². The fraction of sp³-hybridized carbons (Fsp3) is 0.591. The van der Waals surface area contributed by atoms with E-state index in [2.05, 4.69) is 34.0 Å². The highest BCUT2D eigenvalue weighted by molar-refractivity contribution is 5.97. The van der Waals surface area contributed by atoms with Gasteiger partial charge in [-0.2, -0.15) is 0 Å². The van der Waals surface area contributed by atoms with Crippen LogP contribution < -0.4 is 5.32 Å². The molecule has 1 aliphatic heterocycles. The van der Waals surface area contributed by atoms with E-state index >= 15 is 0 Å². The Hall–Kier alpha value is -2.37. The number of likely N-dealkylation sites (tertiary alicyclic amines) is 1. The van der Waals surface area contributed by atoms with Crippen LogP contribution in [0.1, 0.15) is 43.6 Å². The zero-order valence-corrected chi connectivity index (χ0v) is 16.6. The topological polar surface area (TPSA) is 78.1 Å². The zero-order chi connectivity index (χ0) is 19.5. The van der Waals surface area contributed by atoms with E-state index in [-0.39, 0.29) is 11.8 Å². The van der Waals surface area contributed by atoms with Gasteiger partial charge in [0.15, 0.2) is 0 Å². The third kappa shape index (κ3) is 2.90. The molecule has 2 aromatic heterocycles. The van der Waals surface area contributed by atoms with Crippen molar-refractivity contribution in [2.75, 3.05) is 19.6 Å². The number of amides is 2. The van der Waals surface area contributed by atoms with Gasteiger partial charge in [0.05, 0.1) is 0 Å². The number of rotatable bonds is 4. The van der Waals surface area contributed by atoms with E-state index in [1.54, 1.807) is 12.4 Å². The molecule has 0 radical (unpaired) electrons. The monoisotopic (exact) mass is 380 g/mol. The van der Waals surface area contributed by atoms with E-state index in [1.165, 1.54) is 6.42 Å². The molecule has 2 aliphatic carbocycles. The second kappa shape index (κ2) is 6.33. The molecular formula is C22H28N4O2. The lowest BCUT2D eigenvalue weighted by Crippen LogP contribution is -2.41. The standard InChI is InChI=1S/C22H28N4O2/c1-13-14(2)19(13)21(28)26-7-4-22(5-8-26)10-16(22)12-24-20(27)18-9-15-11-23-6-3-17(15)25-18/h3,6,9,11,13-14,16,19,25H,4-5,7-8,10,12H2,1-2H3,(H,24,27). The minimum atomic E-state index is -0.0532. The van der Waals surface area contributed by atoms with E-state index in [0.717, 1.165) is 43.4 Å². The molecule has 2 aromatic rings. The quantitative estimate of drug-likeness (QED) is 0.856. The number of pyridine rings is 1. The maximum Gasteiger partial charge on any atom is 0.267 e. The number of hydrogen-bond donors (Lipinski definition) is 2. The molecule has 3 aliphatic rings. The number of aromatic nitrogens is 2. The summed E-state index contributed by atoms with van der Waals surface area (Å²) in [6.45, 7) is 6.85. The molecule has 3 fully saturated rings. The molecule has 1 spiro atoms. The number of carbonyl (C=O) groups excluding carboxylic acids is 2. The van der Waals surface area contributed by atoms with E-state index in [4.69, 9.17) is 0 Å². The number of piperidine rings is 1. The Kier molecular flexibility index (Phi) is 4.00. The van der Waals surface area contributed by atoms with E-state index < -0.39 is 0 Å². The molecule has 28 heavy (non-hydrogen) atoms. The van der Waals surface area contributed by atoms with Crippen molar-refractivity contribution in [3.8, 4) is 0 Å². The Balaban J connectivity index is 1.12. The first-order valence-corrected chi connectivity index (χ1v) is 10.5. The lowest BCUT2D eigenvalue weighted by molar-refractivity contribution is -0.134. The van der Waals surface area contributed by atoms with Gasteiger partial charge in [0.2, 0.25) is 5.91 Å². The van der Waals surface area contributed by atoms with Gasteiger partial charge >= 0.3 is 0 Å². The van der Waals surface area contributed by atoms with Crippen LogP contribution in [-0.2, 0) is 4.79 Å². The van der Waals surface area contributed by atoms with Crippen LogP contribution in [0.3, 0.4) is 0 Å². The molecule has 3 heterocycles. The van der Waals surface area contributed by atoms with Gasteiger partial charge in [-0.25, -0.2) is 0 Å². The van der Waals surface area contributed by atoms with Crippen molar-refractivity contribution in [3.63, 3.8) is 0 Å². The molecule has 1 saturated heterocycles. The third-order valence-electron chi connectivity index (χ3n) is 7.71. The first-order chi connectivity index (χ1) is 13.5. The summed E-state index contributed by atoms with van der Waals surface area (Å²) in [5, 5.41) is 4.05. The largest absolute Gasteiger partial charge is 0.350 e. The molecule has 148 valence electrons. The highest BCUT2D eigenvalue weighted by atomic mass is 16.2. The van der Waals surface area contributed by atoms with Crippen molar-refractivity contribution >= 4 is 22.7 Å². The molecule has 2 N–H and O–H groups in total. The van der Waals surface area contributed by atoms with Gasteiger partial charge in [-0.05, 0) is 54.6 Å². The maximum absolute atomic E-state index is 12.6. The summed E-state index contributed by atoms with van der Waals surface area (Å²) in [6.07, 6.45) is 6.80. The molecule has 0 bridgehead atoms. The molecule has 3 atom stereocenters. The Morgan fingerprint density at radius 2 is 2.04 bits per heavy atom. The van der Waals surface area contributed by atoms with Crippen molar-refractivity contribution in [1.82, 2.24) is 20.2 Å². The predicted octanol–water partition coefficient (Wildman–Crippen LogP) is 2.82. The number of H-pyrrole nitrogens is 1. The van der Waals surface area contributed by atoms with E-state index in [9.17, 15) is 9.59 Å². The molecular weight excluding hydrogens is 352 g/mol. The zero-order valence-electron chi connectivity index (χ0n) is 16.6. The van der Waals surface area contributed by atoms with Gasteiger partial charge < -0.3 is 15.2 Å². The number of carbonyl (C=O) groups is 2. The number of nitrogens with zero attached hydrogens (tertiary/aromatic N) is 2. The van der Waals surface area contributed by atoms with Crippen LogP contribution in [0, 0.1) is 29.1 Å². The molecule has 2 amide bonds. The maximum atomic E-state index is 12.6. The van der Waals surface area contributed by atoms with Crippen molar-refractivity contribution < 1.29 is 9.59 Å². The van der Waals surface area contributed by atoms with Crippen molar-refractivity contribution in [2.45, 2.75) is 33.1 Å². The number of nitrogens with one attached hydrogen (secondary N) is 2. The van der Waals surface area contributed by atoms with Crippen LogP contribution in [-0.4, -0.2) is 46.3 Å². The minimum Gasteiger partial charge on any atom is -0.350 e. The summed E-state index contributed by atoms with van der Waals surface area (Å²) in [4.78, 5) is 34.4. The van der Waals surface area contributed by atoms with Gasteiger partial charge in [0.1, 0.15) is 5.69 Å².